The van der Waals surface area contributed by atoms with E-state index < -0.39 is 46.9 Å². The third-order valence-electron chi connectivity index (χ3n) is 1.83. The van der Waals surface area contributed by atoms with Crippen molar-refractivity contribution in [3.63, 3.8) is 0 Å². The molecule has 0 bridgehead atoms. The van der Waals surface area contributed by atoms with Gasteiger partial charge >= 0.3 is 16.4 Å². The molecule has 0 aromatic carbocycles. The van der Waals surface area contributed by atoms with Crippen LogP contribution in [0.1, 0.15) is 12.8 Å². The Balaban J connectivity index is 2.60. The fourth-order valence-electron chi connectivity index (χ4n) is 1.19. The van der Waals surface area contributed by atoms with Crippen LogP contribution in [0, 0.1) is 5.92 Å². The van der Waals surface area contributed by atoms with E-state index in [1.807, 2.05) is 0 Å². The minimum Gasteiger partial charge on any atom is -0.325 e. The fourth-order valence-corrected chi connectivity index (χ4v) is 1.50. The number of carbonyl (C=O) groups is 3. The number of hydrogen-bond acceptors (Lipinski definition) is 7. The zero-order chi connectivity index (χ0) is 12.5. The van der Waals surface area contributed by atoms with Gasteiger partial charge in [-0.15, -0.1) is 0 Å². The van der Waals surface area contributed by atoms with E-state index in [0.29, 0.717) is 0 Å². The quantitative estimate of drug-likeness (QED) is 0.351. The monoisotopic (exact) mass is 253 g/mol. The van der Waals surface area contributed by atoms with Crippen molar-refractivity contribution in [3.05, 3.63) is 0 Å². The summed E-state index contributed by atoms with van der Waals surface area (Å²) in [6.07, 6.45) is -1.14. The van der Waals surface area contributed by atoms with Crippen molar-refractivity contribution >= 4 is 28.2 Å². The highest BCUT2D eigenvalue weighted by molar-refractivity contribution is 7.81. The lowest BCUT2D eigenvalue weighted by atomic mass is 10.0. The fraction of sp³-hybridized carbons (Fsp3) is 0.500. The lowest BCUT2D eigenvalue weighted by molar-refractivity contribution is -0.172. The Morgan fingerprint density at radius 1 is 1.50 bits per heavy atom. The third-order valence-corrected chi connectivity index (χ3v) is 2.22. The number of rotatable bonds is 3. The maximum atomic E-state index is 11.1. The number of hydroxylamine groups is 2. The first-order valence-corrected chi connectivity index (χ1v) is 5.32. The topological polar surface area (TPSA) is 138 Å². The van der Waals surface area contributed by atoms with Gasteiger partial charge in [0.1, 0.15) is 0 Å². The molecule has 1 unspecified atom stereocenters. The second-order valence-electron chi connectivity index (χ2n) is 3.03. The van der Waals surface area contributed by atoms with Crippen LogP contribution in [0.3, 0.4) is 0 Å². The van der Waals surface area contributed by atoms with E-state index in [0.717, 1.165) is 0 Å². The van der Waals surface area contributed by atoms with Crippen molar-refractivity contribution in [3.8, 4) is 0 Å². The van der Waals surface area contributed by atoms with Gasteiger partial charge in [-0.3, -0.25) is 24.1 Å². The van der Waals surface area contributed by atoms with Gasteiger partial charge < -0.3 is 4.18 Å². The first-order valence-electron chi connectivity index (χ1n) is 3.96. The van der Waals surface area contributed by atoms with Crippen molar-refractivity contribution < 1.29 is 36.7 Å². The summed E-state index contributed by atoms with van der Waals surface area (Å²) >= 11 is 0. The Labute approximate surface area is 89.5 Å². The molecule has 90 valence electrons. The van der Waals surface area contributed by atoms with Crippen LogP contribution in [0.2, 0.25) is 0 Å². The standard InChI is InChI=1S/C6H7NO8S/c8-4-1-3(6(10)7(4)11)2-5(9)15-16(12,13)14/h3,11H,1-2H2,(H,12,13,14). The molecule has 0 radical (unpaired) electrons. The van der Waals surface area contributed by atoms with Gasteiger partial charge in [-0.25, -0.2) is 0 Å². The number of nitrogens with zero attached hydrogens (tertiary/aromatic N) is 1. The molecule has 1 atom stereocenters. The summed E-state index contributed by atoms with van der Waals surface area (Å²) in [5, 5.41) is 8.65. The van der Waals surface area contributed by atoms with E-state index in [4.69, 9.17) is 9.76 Å². The third kappa shape index (κ3) is 2.98. The Kier molecular flexibility index (Phi) is 3.26. The number of hydrogen-bond donors (Lipinski definition) is 2. The van der Waals surface area contributed by atoms with Crippen LogP contribution < -0.4 is 0 Å². The molecule has 0 saturated carbocycles. The molecular weight excluding hydrogens is 246 g/mol. The molecule has 9 nitrogen and oxygen atoms in total. The smallest absolute Gasteiger partial charge is 0.325 e. The lowest BCUT2D eigenvalue weighted by Gasteiger charge is -2.05. The molecule has 1 heterocycles. The SMILES string of the molecule is O=C(CC1CC(=O)N(O)C1=O)OS(=O)(=O)O. The van der Waals surface area contributed by atoms with Gasteiger partial charge in [0.2, 0.25) is 0 Å². The van der Waals surface area contributed by atoms with Crippen molar-refractivity contribution in [2.75, 3.05) is 0 Å². The van der Waals surface area contributed by atoms with E-state index in [1.165, 1.54) is 0 Å². The molecule has 10 heteroatoms. The molecule has 2 amide bonds. The zero-order valence-electron chi connectivity index (χ0n) is 7.69. The van der Waals surface area contributed by atoms with Gasteiger partial charge in [-0.2, -0.15) is 13.5 Å². The maximum absolute atomic E-state index is 11.1. The van der Waals surface area contributed by atoms with Crippen LogP contribution in [-0.4, -0.2) is 41.0 Å². The molecule has 0 spiro atoms. The van der Waals surface area contributed by atoms with E-state index in [9.17, 15) is 22.8 Å². The normalized spacial score (nSPS) is 21.4. The predicted molar refractivity (Wildman–Crippen MR) is 44.0 cm³/mol. The first-order chi connectivity index (χ1) is 7.20. The highest BCUT2D eigenvalue weighted by Gasteiger charge is 2.39. The van der Waals surface area contributed by atoms with Crippen molar-refractivity contribution in [1.29, 1.82) is 0 Å². The van der Waals surface area contributed by atoms with Gasteiger partial charge in [0.25, 0.3) is 11.8 Å². The molecule has 2 N–H and O–H groups in total. The average molecular weight is 253 g/mol. The Morgan fingerprint density at radius 3 is 2.44 bits per heavy atom. The molecule has 1 fully saturated rings. The number of imide groups is 1. The lowest BCUT2D eigenvalue weighted by Crippen LogP contribution is -2.27. The number of amides is 2. The maximum Gasteiger partial charge on any atom is 0.448 e. The van der Waals surface area contributed by atoms with E-state index in [2.05, 4.69) is 4.18 Å². The van der Waals surface area contributed by atoms with Gasteiger partial charge in [-0.1, -0.05) is 0 Å². The van der Waals surface area contributed by atoms with Gasteiger partial charge in [0, 0.05) is 6.42 Å². The molecule has 1 aliphatic heterocycles. The van der Waals surface area contributed by atoms with Crippen molar-refractivity contribution in [2.45, 2.75) is 12.8 Å². The minimum atomic E-state index is -4.93. The molecule has 0 aromatic rings. The Hall–Kier alpha value is -1.52. The van der Waals surface area contributed by atoms with Crippen LogP contribution in [-0.2, 0) is 29.0 Å². The van der Waals surface area contributed by atoms with Crippen LogP contribution >= 0.6 is 0 Å². The van der Waals surface area contributed by atoms with E-state index in [1.54, 1.807) is 0 Å². The molecule has 1 rings (SSSR count). The minimum absolute atomic E-state index is 0.147. The van der Waals surface area contributed by atoms with Crippen LogP contribution in [0.5, 0.6) is 0 Å². The molecule has 16 heavy (non-hydrogen) atoms. The summed E-state index contributed by atoms with van der Waals surface area (Å²) in [6.45, 7) is 0. The molecule has 0 aromatic heterocycles. The second-order valence-corrected chi connectivity index (χ2v) is 4.05. The Morgan fingerprint density at radius 2 is 2.06 bits per heavy atom. The zero-order valence-corrected chi connectivity index (χ0v) is 8.51. The molecule has 0 aliphatic carbocycles. The van der Waals surface area contributed by atoms with Gasteiger partial charge in [0.15, 0.2) is 0 Å². The van der Waals surface area contributed by atoms with Crippen molar-refractivity contribution in [1.82, 2.24) is 5.06 Å². The highest BCUT2D eigenvalue weighted by atomic mass is 32.3. The number of carbonyl (C=O) groups excluding carboxylic acids is 3. The summed E-state index contributed by atoms with van der Waals surface area (Å²) < 4.78 is 31.9. The summed E-state index contributed by atoms with van der Waals surface area (Å²) in [7, 11) is -4.93. The summed E-state index contributed by atoms with van der Waals surface area (Å²) in [5.41, 5.74) is 0. The van der Waals surface area contributed by atoms with Gasteiger partial charge in [0.05, 0.1) is 12.3 Å². The average Bonchev–Trinajstić information content (AvgIpc) is 2.30. The summed E-state index contributed by atoms with van der Waals surface area (Å²) in [6, 6.07) is 0. The first kappa shape index (κ1) is 12.5. The second kappa shape index (κ2) is 4.15. The van der Waals surface area contributed by atoms with Gasteiger partial charge in [-0.05, 0) is 0 Å². The van der Waals surface area contributed by atoms with Crippen LogP contribution in [0.25, 0.3) is 0 Å². The molecule has 1 aliphatic rings. The largest absolute Gasteiger partial charge is 0.448 e. The molecular formula is C6H7NO8S. The van der Waals surface area contributed by atoms with Crippen molar-refractivity contribution in [2.24, 2.45) is 5.92 Å². The van der Waals surface area contributed by atoms with E-state index >= 15 is 0 Å². The van der Waals surface area contributed by atoms with Crippen LogP contribution in [0.4, 0.5) is 0 Å². The highest BCUT2D eigenvalue weighted by Crippen LogP contribution is 2.21. The van der Waals surface area contributed by atoms with E-state index in [-0.39, 0.29) is 5.06 Å². The summed E-state index contributed by atoms with van der Waals surface area (Å²) in [4.78, 5) is 32.7. The predicted octanol–water partition coefficient (Wildman–Crippen LogP) is -1.51. The van der Waals surface area contributed by atoms with Crippen LogP contribution in [0.15, 0.2) is 0 Å². The molecule has 1 saturated heterocycles. The summed E-state index contributed by atoms with van der Waals surface area (Å²) in [5.74, 6) is -4.47. The Bertz CT molecular complexity index is 439.